The van der Waals surface area contributed by atoms with Crippen LogP contribution >= 0.6 is 0 Å². The molecule has 5 nitrogen and oxygen atoms in total. The number of ether oxygens (including phenoxy) is 1. The predicted octanol–water partition coefficient (Wildman–Crippen LogP) is 1.16. The van der Waals surface area contributed by atoms with E-state index in [0.717, 1.165) is 12.1 Å². The Bertz CT molecular complexity index is 576. The Hall–Kier alpha value is -1.02. The van der Waals surface area contributed by atoms with Gasteiger partial charge in [0.15, 0.2) is 0 Å². The molecule has 2 N–H and O–H groups in total. The Morgan fingerprint density at radius 3 is 2.90 bits per heavy atom. The summed E-state index contributed by atoms with van der Waals surface area (Å²) < 4.78 is 46.0. The van der Waals surface area contributed by atoms with Crippen LogP contribution in [0.5, 0.6) is 0 Å². The lowest BCUT2D eigenvalue weighted by Gasteiger charge is -2.27. The number of hydrogen-bond donors (Lipinski definition) is 2. The summed E-state index contributed by atoms with van der Waals surface area (Å²) in [6.45, 7) is 2.01. The number of aliphatic hydroxyl groups is 1. The summed E-state index contributed by atoms with van der Waals surface area (Å²) >= 11 is 0. The maximum absolute atomic E-state index is 13.7. The Morgan fingerprint density at radius 2 is 2.25 bits per heavy atom. The molecule has 1 aliphatic rings. The van der Waals surface area contributed by atoms with Crippen molar-refractivity contribution in [2.75, 3.05) is 6.61 Å². The van der Waals surface area contributed by atoms with Crippen LogP contribution in [0.1, 0.15) is 25.3 Å². The van der Waals surface area contributed by atoms with Gasteiger partial charge in [-0.25, -0.2) is 17.5 Å². The summed E-state index contributed by atoms with van der Waals surface area (Å²) in [7, 11) is -3.94. The normalized spacial score (nSPS) is 23.8. The topological polar surface area (TPSA) is 75.6 Å². The van der Waals surface area contributed by atoms with Gasteiger partial charge in [0.2, 0.25) is 10.0 Å². The van der Waals surface area contributed by atoms with Gasteiger partial charge in [-0.05, 0) is 37.5 Å². The molecule has 0 spiro atoms. The van der Waals surface area contributed by atoms with Crippen molar-refractivity contribution in [1.82, 2.24) is 4.72 Å². The van der Waals surface area contributed by atoms with Crippen LogP contribution < -0.4 is 4.72 Å². The largest absolute Gasteiger partial charge is 0.392 e. The van der Waals surface area contributed by atoms with Gasteiger partial charge in [-0.3, -0.25) is 0 Å². The highest BCUT2D eigenvalue weighted by molar-refractivity contribution is 7.89. The molecule has 112 valence electrons. The highest BCUT2D eigenvalue weighted by atomic mass is 32.2. The minimum absolute atomic E-state index is 0.0231. The van der Waals surface area contributed by atoms with Crippen molar-refractivity contribution < 1.29 is 22.7 Å². The third-order valence-corrected chi connectivity index (χ3v) is 4.81. The summed E-state index contributed by atoms with van der Waals surface area (Å²) in [6.07, 6.45) is 1.09. The Kier molecular flexibility index (Phi) is 4.74. The number of aliphatic hydroxyl groups excluding tert-OH is 1. The van der Waals surface area contributed by atoms with E-state index in [1.165, 1.54) is 6.07 Å². The zero-order valence-electron chi connectivity index (χ0n) is 11.2. The van der Waals surface area contributed by atoms with Gasteiger partial charge in [-0.1, -0.05) is 6.07 Å². The second-order valence-electron chi connectivity index (χ2n) is 4.95. The van der Waals surface area contributed by atoms with Crippen LogP contribution in [-0.4, -0.2) is 32.3 Å². The van der Waals surface area contributed by atoms with Crippen molar-refractivity contribution in [3.63, 3.8) is 0 Å². The van der Waals surface area contributed by atoms with Gasteiger partial charge in [-0.2, -0.15) is 0 Å². The van der Waals surface area contributed by atoms with Gasteiger partial charge in [0.25, 0.3) is 0 Å². The van der Waals surface area contributed by atoms with Crippen LogP contribution in [-0.2, 0) is 21.4 Å². The minimum atomic E-state index is -3.94. The van der Waals surface area contributed by atoms with Crippen molar-refractivity contribution in [3.05, 3.63) is 29.6 Å². The standard InChI is InChI=1S/C13H18FNO4S/c1-9-6-11(4-5-19-9)15-20(17,18)13-7-10(8-16)2-3-12(13)14/h2-3,7,9,11,15-16H,4-6,8H2,1H3. The highest BCUT2D eigenvalue weighted by Crippen LogP contribution is 2.20. The van der Waals surface area contributed by atoms with Gasteiger partial charge < -0.3 is 9.84 Å². The molecule has 0 radical (unpaired) electrons. The predicted molar refractivity (Wildman–Crippen MR) is 71.1 cm³/mol. The third kappa shape index (κ3) is 3.54. The second kappa shape index (κ2) is 6.17. The summed E-state index contributed by atoms with van der Waals surface area (Å²) in [5.74, 6) is -0.824. The molecule has 20 heavy (non-hydrogen) atoms. The summed E-state index contributed by atoms with van der Waals surface area (Å²) in [5.41, 5.74) is 0.354. The van der Waals surface area contributed by atoms with Gasteiger partial charge in [-0.15, -0.1) is 0 Å². The first-order valence-corrected chi connectivity index (χ1v) is 7.94. The number of benzene rings is 1. The molecule has 0 saturated carbocycles. The van der Waals surface area contributed by atoms with Gasteiger partial charge in [0.1, 0.15) is 10.7 Å². The molecule has 1 aromatic rings. The molecule has 0 bridgehead atoms. The Labute approximate surface area is 117 Å². The van der Waals surface area contributed by atoms with Crippen LogP contribution in [0.2, 0.25) is 0 Å². The van der Waals surface area contributed by atoms with Crippen molar-refractivity contribution in [2.45, 2.75) is 43.4 Å². The van der Waals surface area contributed by atoms with Crippen LogP contribution in [0.4, 0.5) is 4.39 Å². The van der Waals surface area contributed by atoms with Crippen LogP contribution in [0.3, 0.4) is 0 Å². The molecule has 0 aliphatic carbocycles. The lowest BCUT2D eigenvalue weighted by Crippen LogP contribution is -2.41. The van der Waals surface area contributed by atoms with Gasteiger partial charge >= 0.3 is 0 Å². The second-order valence-corrected chi connectivity index (χ2v) is 6.63. The van der Waals surface area contributed by atoms with Gasteiger partial charge in [0.05, 0.1) is 12.7 Å². The molecular weight excluding hydrogens is 285 g/mol. The van der Waals surface area contributed by atoms with E-state index < -0.39 is 20.7 Å². The smallest absolute Gasteiger partial charge is 0.243 e. The molecule has 1 saturated heterocycles. The van der Waals surface area contributed by atoms with E-state index in [4.69, 9.17) is 9.84 Å². The first kappa shape index (κ1) is 15.4. The zero-order valence-corrected chi connectivity index (χ0v) is 12.0. The first-order valence-electron chi connectivity index (χ1n) is 6.45. The molecule has 2 rings (SSSR count). The molecule has 2 unspecified atom stereocenters. The summed E-state index contributed by atoms with van der Waals surface area (Å²) in [4.78, 5) is -0.428. The van der Waals surface area contributed by atoms with Crippen molar-refractivity contribution in [3.8, 4) is 0 Å². The highest BCUT2D eigenvalue weighted by Gasteiger charge is 2.27. The quantitative estimate of drug-likeness (QED) is 0.875. The lowest BCUT2D eigenvalue weighted by molar-refractivity contribution is 0.0173. The first-order chi connectivity index (χ1) is 9.42. The van der Waals surface area contributed by atoms with E-state index in [0.29, 0.717) is 25.0 Å². The maximum atomic E-state index is 13.7. The van der Waals surface area contributed by atoms with E-state index in [9.17, 15) is 12.8 Å². The monoisotopic (exact) mass is 303 g/mol. The van der Waals surface area contributed by atoms with Crippen LogP contribution in [0.15, 0.2) is 23.1 Å². The van der Waals surface area contributed by atoms with Crippen LogP contribution in [0, 0.1) is 5.82 Å². The van der Waals surface area contributed by atoms with Crippen molar-refractivity contribution in [2.24, 2.45) is 0 Å². The number of hydrogen-bond acceptors (Lipinski definition) is 4. The Balaban J connectivity index is 2.21. The van der Waals surface area contributed by atoms with E-state index in [1.54, 1.807) is 0 Å². The average molecular weight is 303 g/mol. The van der Waals surface area contributed by atoms with Crippen LogP contribution in [0.25, 0.3) is 0 Å². The Morgan fingerprint density at radius 1 is 1.50 bits per heavy atom. The number of rotatable bonds is 4. The molecule has 0 amide bonds. The lowest BCUT2D eigenvalue weighted by atomic mass is 10.1. The van der Waals surface area contributed by atoms with Crippen molar-refractivity contribution in [1.29, 1.82) is 0 Å². The van der Waals surface area contributed by atoms with E-state index in [-0.39, 0.29) is 18.8 Å². The molecule has 1 heterocycles. The molecule has 7 heteroatoms. The molecule has 1 aliphatic heterocycles. The van der Waals surface area contributed by atoms with E-state index in [2.05, 4.69) is 4.72 Å². The van der Waals surface area contributed by atoms with Crippen molar-refractivity contribution >= 4 is 10.0 Å². The SMILES string of the molecule is CC1CC(NS(=O)(=O)c2cc(CO)ccc2F)CCO1. The minimum Gasteiger partial charge on any atom is -0.392 e. The summed E-state index contributed by atoms with van der Waals surface area (Å²) in [5, 5.41) is 9.02. The van der Waals surface area contributed by atoms with Gasteiger partial charge in [0, 0.05) is 12.6 Å². The fraction of sp³-hybridized carbons (Fsp3) is 0.538. The number of sulfonamides is 1. The maximum Gasteiger partial charge on any atom is 0.243 e. The van der Waals surface area contributed by atoms with E-state index >= 15 is 0 Å². The molecule has 1 fully saturated rings. The molecule has 1 aromatic carbocycles. The van der Waals surface area contributed by atoms with E-state index in [1.807, 2.05) is 6.92 Å². The summed E-state index contributed by atoms with van der Waals surface area (Å²) in [6, 6.07) is 3.29. The molecule has 2 atom stereocenters. The third-order valence-electron chi connectivity index (χ3n) is 3.27. The zero-order chi connectivity index (χ0) is 14.8. The average Bonchev–Trinajstić information content (AvgIpc) is 2.38. The molecular formula is C13H18FNO4S. The molecule has 0 aromatic heterocycles. The number of nitrogens with one attached hydrogen (secondary N) is 1. The fourth-order valence-electron chi connectivity index (χ4n) is 2.24. The number of halogens is 1. The fourth-order valence-corrected chi connectivity index (χ4v) is 3.65.